The van der Waals surface area contributed by atoms with Gasteiger partial charge in [0, 0.05) is 24.5 Å². The lowest BCUT2D eigenvalue weighted by atomic mass is 10.0. The molecule has 0 aromatic heterocycles. The Bertz CT molecular complexity index is 820. The molecule has 2 aromatic rings. The predicted molar refractivity (Wildman–Crippen MR) is 124 cm³/mol. The summed E-state index contributed by atoms with van der Waals surface area (Å²) in [4.78, 5) is 27.4. The van der Waals surface area contributed by atoms with Gasteiger partial charge in [-0.25, -0.2) is 0 Å². The first kappa shape index (κ1) is 23.9. The highest BCUT2D eigenvalue weighted by atomic mass is 35.5. The van der Waals surface area contributed by atoms with Gasteiger partial charge < -0.3 is 10.2 Å². The second-order valence-corrected chi connectivity index (χ2v) is 8.01. The largest absolute Gasteiger partial charge is 0.354 e. The highest BCUT2D eigenvalue weighted by Crippen LogP contribution is 2.20. The van der Waals surface area contributed by atoms with Gasteiger partial charge in [-0.15, -0.1) is 0 Å². The monoisotopic (exact) mass is 428 g/mol. The molecule has 4 nitrogen and oxygen atoms in total. The second kappa shape index (κ2) is 12.4. The number of hydrogen-bond donors (Lipinski definition) is 1. The van der Waals surface area contributed by atoms with Gasteiger partial charge in [0.1, 0.15) is 6.04 Å². The summed E-state index contributed by atoms with van der Waals surface area (Å²) in [5.41, 5.74) is 3.24. The Balaban J connectivity index is 2.10. The Hall–Kier alpha value is -2.33. The molecule has 2 amide bonds. The molecule has 5 heteroatoms. The summed E-state index contributed by atoms with van der Waals surface area (Å²) in [6, 6.07) is 15.2. The molecule has 0 aliphatic rings. The van der Waals surface area contributed by atoms with Crippen molar-refractivity contribution in [3.8, 4) is 0 Å². The molecule has 0 saturated carbocycles. The van der Waals surface area contributed by atoms with E-state index in [1.165, 1.54) is 5.56 Å². The van der Waals surface area contributed by atoms with Crippen molar-refractivity contribution in [2.45, 2.75) is 65.5 Å². The zero-order valence-electron chi connectivity index (χ0n) is 18.3. The van der Waals surface area contributed by atoms with Crippen LogP contribution in [0.4, 0.5) is 0 Å². The van der Waals surface area contributed by atoms with Crippen molar-refractivity contribution < 1.29 is 9.59 Å². The second-order valence-electron chi connectivity index (χ2n) is 7.60. The van der Waals surface area contributed by atoms with Gasteiger partial charge in [0.05, 0.1) is 0 Å². The van der Waals surface area contributed by atoms with Crippen molar-refractivity contribution in [2.75, 3.05) is 6.54 Å². The number of nitrogens with one attached hydrogen (secondary N) is 1. The van der Waals surface area contributed by atoms with Crippen molar-refractivity contribution in [3.63, 3.8) is 0 Å². The molecule has 1 unspecified atom stereocenters. The highest BCUT2D eigenvalue weighted by molar-refractivity contribution is 6.31. The molecule has 2 aromatic carbocycles. The van der Waals surface area contributed by atoms with E-state index in [-0.39, 0.29) is 11.8 Å². The number of halogens is 1. The number of amides is 2. The Kier molecular flexibility index (Phi) is 9.88. The molecular weight excluding hydrogens is 396 g/mol. The number of unbranched alkanes of at least 4 members (excludes halogenated alkanes) is 1. The van der Waals surface area contributed by atoms with E-state index < -0.39 is 6.04 Å². The number of carbonyl (C=O) groups is 2. The fraction of sp³-hybridized carbons (Fsp3) is 0.440. The SMILES string of the molecule is CCCCNC(=O)C(C)N(Cc1ccccc1Cl)C(=O)CCc1ccc(CC)cc1. The van der Waals surface area contributed by atoms with E-state index in [4.69, 9.17) is 11.6 Å². The highest BCUT2D eigenvalue weighted by Gasteiger charge is 2.26. The first-order valence-electron chi connectivity index (χ1n) is 10.8. The summed E-state index contributed by atoms with van der Waals surface area (Å²) in [5, 5.41) is 3.54. The van der Waals surface area contributed by atoms with Crippen LogP contribution in [0.5, 0.6) is 0 Å². The summed E-state index contributed by atoms with van der Waals surface area (Å²) in [6.07, 6.45) is 3.92. The smallest absolute Gasteiger partial charge is 0.242 e. The van der Waals surface area contributed by atoms with Gasteiger partial charge in [-0.2, -0.15) is 0 Å². The topological polar surface area (TPSA) is 49.4 Å². The lowest BCUT2D eigenvalue weighted by Crippen LogP contribution is -2.47. The normalized spacial score (nSPS) is 11.7. The Morgan fingerprint density at radius 3 is 2.33 bits per heavy atom. The minimum atomic E-state index is -0.562. The third-order valence-corrected chi connectivity index (χ3v) is 5.72. The summed E-state index contributed by atoms with van der Waals surface area (Å²) < 4.78 is 0. The minimum absolute atomic E-state index is 0.0485. The first-order chi connectivity index (χ1) is 14.5. The van der Waals surface area contributed by atoms with Crippen LogP contribution in [0.15, 0.2) is 48.5 Å². The Labute approximate surface area is 185 Å². The minimum Gasteiger partial charge on any atom is -0.354 e. The van der Waals surface area contributed by atoms with Gasteiger partial charge in [-0.1, -0.05) is 74.3 Å². The Morgan fingerprint density at radius 1 is 1.03 bits per heavy atom. The standard InChI is InChI=1S/C25H33ClN2O2/c1-4-6-17-27-25(30)19(3)28(18-22-9-7-8-10-23(22)26)24(29)16-15-21-13-11-20(5-2)12-14-21/h7-14,19H,4-6,15-18H2,1-3H3,(H,27,30). The fourth-order valence-corrected chi connectivity index (χ4v) is 3.46. The van der Waals surface area contributed by atoms with Gasteiger partial charge in [-0.05, 0) is 48.9 Å². The van der Waals surface area contributed by atoms with Crippen LogP contribution in [0, 0.1) is 0 Å². The molecule has 30 heavy (non-hydrogen) atoms. The van der Waals surface area contributed by atoms with Crippen molar-refractivity contribution in [2.24, 2.45) is 0 Å². The van der Waals surface area contributed by atoms with Gasteiger partial charge >= 0.3 is 0 Å². The lowest BCUT2D eigenvalue weighted by molar-refractivity contribution is -0.140. The van der Waals surface area contributed by atoms with E-state index in [1.54, 1.807) is 17.9 Å². The number of carbonyl (C=O) groups excluding carboxylic acids is 2. The van der Waals surface area contributed by atoms with Crippen LogP contribution < -0.4 is 5.32 Å². The van der Waals surface area contributed by atoms with E-state index in [2.05, 4.69) is 43.4 Å². The molecule has 2 rings (SSSR count). The lowest BCUT2D eigenvalue weighted by Gasteiger charge is -2.29. The zero-order valence-corrected chi connectivity index (χ0v) is 19.0. The van der Waals surface area contributed by atoms with Crippen LogP contribution in [0.25, 0.3) is 0 Å². The summed E-state index contributed by atoms with van der Waals surface area (Å²) >= 11 is 6.32. The van der Waals surface area contributed by atoms with Gasteiger partial charge in [0.25, 0.3) is 0 Å². The third kappa shape index (κ3) is 7.17. The molecule has 0 spiro atoms. The molecule has 0 radical (unpaired) electrons. The molecule has 0 heterocycles. The number of nitrogens with zero attached hydrogens (tertiary/aromatic N) is 1. The van der Waals surface area contributed by atoms with Crippen molar-refractivity contribution in [1.29, 1.82) is 0 Å². The number of hydrogen-bond acceptors (Lipinski definition) is 2. The van der Waals surface area contributed by atoms with E-state index in [1.807, 2.05) is 18.2 Å². The molecular formula is C25H33ClN2O2. The maximum absolute atomic E-state index is 13.1. The third-order valence-electron chi connectivity index (χ3n) is 5.35. The van der Waals surface area contributed by atoms with Crippen LogP contribution >= 0.6 is 11.6 Å². The molecule has 0 saturated heterocycles. The van der Waals surface area contributed by atoms with Crippen LogP contribution in [-0.4, -0.2) is 29.3 Å². The molecule has 162 valence electrons. The molecule has 0 aliphatic heterocycles. The van der Waals surface area contributed by atoms with Crippen molar-refractivity contribution in [3.05, 3.63) is 70.2 Å². The Morgan fingerprint density at radius 2 is 1.70 bits per heavy atom. The van der Waals surface area contributed by atoms with Crippen molar-refractivity contribution in [1.82, 2.24) is 10.2 Å². The van der Waals surface area contributed by atoms with Crippen LogP contribution in [0.1, 0.15) is 56.7 Å². The summed E-state index contributed by atoms with van der Waals surface area (Å²) in [5.74, 6) is -0.177. The number of rotatable bonds is 11. The maximum Gasteiger partial charge on any atom is 0.242 e. The molecule has 1 atom stereocenters. The zero-order chi connectivity index (χ0) is 21.9. The van der Waals surface area contributed by atoms with E-state index >= 15 is 0 Å². The van der Waals surface area contributed by atoms with Crippen LogP contribution in [0.3, 0.4) is 0 Å². The van der Waals surface area contributed by atoms with Crippen molar-refractivity contribution >= 4 is 23.4 Å². The average molecular weight is 429 g/mol. The van der Waals surface area contributed by atoms with Crippen LogP contribution in [0.2, 0.25) is 5.02 Å². The summed E-state index contributed by atoms with van der Waals surface area (Å²) in [6.45, 7) is 6.92. The maximum atomic E-state index is 13.1. The predicted octanol–water partition coefficient (Wildman–Crippen LogP) is 5.17. The molecule has 0 fully saturated rings. The quantitative estimate of drug-likeness (QED) is 0.502. The van der Waals surface area contributed by atoms with Gasteiger partial charge in [0.15, 0.2) is 0 Å². The molecule has 0 bridgehead atoms. The molecule has 1 N–H and O–H groups in total. The van der Waals surface area contributed by atoms with E-state index in [0.717, 1.165) is 30.4 Å². The van der Waals surface area contributed by atoms with E-state index in [9.17, 15) is 9.59 Å². The fourth-order valence-electron chi connectivity index (χ4n) is 3.27. The van der Waals surface area contributed by atoms with Gasteiger partial charge in [0.2, 0.25) is 11.8 Å². The van der Waals surface area contributed by atoms with E-state index in [0.29, 0.717) is 31.0 Å². The average Bonchev–Trinajstić information content (AvgIpc) is 2.77. The molecule has 0 aliphatic carbocycles. The number of benzene rings is 2. The summed E-state index contributed by atoms with van der Waals surface area (Å²) in [7, 11) is 0. The van der Waals surface area contributed by atoms with Gasteiger partial charge in [-0.3, -0.25) is 9.59 Å². The van der Waals surface area contributed by atoms with Crippen LogP contribution in [-0.2, 0) is 29.0 Å². The first-order valence-corrected chi connectivity index (χ1v) is 11.2. The number of aryl methyl sites for hydroxylation is 2.